The van der Waals surface area contributed by atoms with Crippen LogP contribution in [0, 0.1) is 16.7 Å². The number of ketones is 1. The summed E-state index contributed by atoms with van der Waals surface area (Å²) in [7, 11) is 0. The zero-order chi connectivity index (χ0) is 60.6. The highest BCUT2D eigenvalue weighted by atomic mass is 35.6. The SMILES string of the molecule is CCOC(C)O[C@@H](C(=O)O[C@@H]1C(C)=C2[C@@H](OC(=O)OCC(Cl)(Cl)Cl)C(=O)[C@]3(C)[C@@H](OC(=O)OCC(Cl)(Cl)Cl)C[C@H]4OC[C@@]4(OC(C)=O)[C@H]3[C@H](OC(=O)c3ccccc3)[C@@]3(OC(=O)O[C@@H]13)C2(C)C)[C@@H](NC(=O)c1ccccc1)c1ccccc1. The van der Waals surface area contributed by atoms with Gasteiger partial charge in [-0.2, -0.15) is 0 Å². The van der Waals surface area contributed by atoms with Crippen molar-refractivity contribution in [2.24, 2.45) is 16.7 Å². The first-order chi connectivity index (χ1) is 39.0. The molecule has 1 unspecified atom stereocenters. The zero-order valence-electron chi connectivity index (χ0n) is 45.4. The number of carbonyl (C=O) groups is 8. The molecule has 2 heterocycles. The lowest BCUT2D eigenvalue weighted by molar-refractivity contribution is -0.345. The van der Waals surface area contributed by atoms with Gasteiger partial charge in [0.05, 0.1) is 29.5 Å². The fourth-order valence-corrected chi connectivity index (χ4v) is 12.4. The lowest BCUT2D eigenvalue weighted by atomic mass is 9.44. The highest BCUT2D eigenvalue weighted by Crippen LogP contribution is 2.67. The van der Waals surface area contributed by atoms with Gasteiger partial charge in [0.25, 0.3) is 5.91 Å². The quantitative estimate of drug-likeness (QED) is 0.0433. The summed E-state index contributed by atoms with van der Waals surface area (Å²) in [6.45, 7) is 7.49. The second-order valence-electron chi connectivity index (χ2n) is 20.9. The van der Waals surface area contributed by atoms with Crippen molar-refractivity contribution in [1.82, 2.24) is 5.32 Å². The topological polar surface area (TPSA) is 259 Å². The normalized spacial score (nSPS) is 28.9. The van der Waals surface area contributed by atoms with Crippen LogP contribution in [0.5, 0.6) is 0 Å². The lowest BCUT2D eigenvalue weighted by Crippen LogP contribution is -2.83. The molecule has 0 radical (unpaired) electrons. The van der Waals surface area contributed by atoms with E-state index in [1.165, 1.54) is 58.9 Å². The molecule has 2 saturated heterocycles. The van der Waals surface area contributed by atoms with Gasteiger partial charge in [0, 0.05) is 30.9 Å². The number of benzene rings is 3. The van der Waals surface area contributed by atoms with Crippen LogP contribution in [-0.2, 0) is 71.2 Å². The van der Waals surface area contributed by atoms with E-state index in [1.807, 2.05) is 0 Å². The minimum Gasteiger partial charge on any atom is -0.454 e. The van der Waals surface area contributed by atoms with E-state index in [2.05, 4.69) is 5.32 Å². The van der Waals surface area contributed by atoms with E-state index in [1.54, 1.807) is 73.7 Å². The molecule has 3 aromatic carbocycles. The number of ether oxygens (including phenoxy) is 12. The van der Waals surface area contributed by atoms with Gasteiger partial charge in [-0.05, 0) is 68.7 Å². The number of esters is 3. The van der Waals surface area contributed by atoms with E-state index < -0.39 is 165 Å². The standard InChI is InChI=1S/C56H57Cl6NO20/c1-8-72-30(4)76-40(37(31-18-12-9-13-19-31)63-45(66)32-20-14-10-15-21-32)47(68)78-38-28(2)36-39(79-49(70)75-27-55(60,61)62)42(65)52(7)34(77-48(69)74-26-54(57,58)59)24-35-53(25-73-35,82-29(3)64)41(52)44(80-46(67)33-22-16-11-17-23-33)56(51(36,5)6)43(38)81-50(71)83-56/h9-23,30,34-35,37-41,43-44H,8,24-27H2,1-7H3,(H,63,66)/t30?,34-,35+,37-,38+,39+,40+,41-,43-,44-,52+,53-,56+/m0/s1. The molecule has 5 aliphatic rings. The molecule has 1 amide bonds. The first kappa shape index (κ1) is 63.4. The molecule has 83 heavy (non-hydrogen) atoms. The van der Waals surface area contributed by atoms with Crippen LogP contribution in [0.3, 0.4) is 0 Å². The average molecular weight is 1280 g/mol. The van der Waals surface area contributed by atoms with Gasteiger partial charge in [0.1, 0.15) is 25.4 Å². The first-order valence-corrected chi connectivity index (χ1v) is 28.2. The number of amides is 1. The largest absolute Gasteiger partial charge is 0.509 e. The maximum absolute atomic E-state index is 16.7. The monoisotopic (exact) mass is 1270 g/mol. The number of rotatable bonds is 17. The van der Waals surface area contributed by atoms with E-state index in [9.17, 15) is 24.0 Å². The molecule has 21 nitrogen and oxygen atoms in total. The number of hydrogen-bond acceptors (Lipinski definition) is 20. The average Bonchev–Trinajstić information content (AvgIpc) is 1.66. The summed E-state index contributed by atoms with van der Waals surface area (Å²) in [4.78, 5) is 118. The van der Waals surface area contributed by atoms with Crippen LogP contribution in [0.4, 0.5) is 14.4 Å². The molecular weight excluding hydrogens is 1220 g/mol. The first-order valence-electron chi connectivity index (χ1n) is 25.9. The summed E-state index contributed by atoms with van der Waals surface area (Å²) >= 11 is 35.8. The molecule has 0 aromatic heterocycles. The summed E-state index contributed by atoms with van der Waals surface area (Å²) in [6.07, 6.45) is -19.6. The van der Waals surface area contributed by atoms with Gasteiger partial charge in [-0.3, -0.25) is 14.4 Å². The highest BCUT2D eigenvalue weighted by Gasteiger charge is 2.84. The van der Waals surface area contributed by atoms with E-state index in [-0.39, 0.29) is 28.9 Å². The Hall–Kier alpha value is -5.62. The Morgan fingerprint density at radius 1 is 0.771 bits per heavy atom. The Morgan fingerprint density at radius 2 is 1.34 bits per heavy atom. The molecule has 3 aromatic rings. The minimum absolute atomic E-state index is 0.0861. The van der Waals surface area contributed by atoms with Gasteiger partial charge in [-0.1, -0.05) is 150 Å². The van der Waals surface area contributed by atoms with Crippen LogP contribution in [0.2, 0.25) is 0 Å². The number of nitrogens with one attached hydrogen (secondary N) is 1. The summed E-state index contributed by atoms with van der Waals surface area (Å²) in [6, 6.07) is 22.4. The van der Waals surface area contributed by atoms with Crippen molar-refractivity contribution < 1.29 is 95.2 Å². The van der Waals surface area contributed by atoms with Gasteiger partial charge < -0.3 is 62.2 Å². The Balaban J connectivity index is 1.41. The van der Waals surface area contributed by atoms with Crippen LogP contribution >= 0.6 is 69.6 Å². The third-order valence-electron chi connectivity index (χ3n) is 15.5. The van der Waals surface area contributed by atoms with Gasteiger partial charge in [-0.25, -0.2) is 24.0 Å². The van der Waals surface area contributed by atoms with Crippen molar-refractivity contribution in [2.75, 3.05) is 26.4 Å². The van der Waals surface area contributed by atoms with Gasteiger partial charge in [-0.15, -0.1) is 0 Å². The number of alkyl halides is 6. The summed E-state index contributed by atoms with van der Waals surface area (Å²) in [5, 5.41) is 2.89. The molecule has 13 atom stereocenters. The predicted octanol–water partition coefficient (Wildman–Crippen LogP) is 9.79. The third-order valence-corrected chi connectivity index (χ3v) is 16.1. The van der Waals surface area contributed by atoms with E-state index >= 15 is 14.4 Å². The smallest absolute Gasteiger partial charge is 0.454 e. The fraction of sp³-hybridized carbons (Fsp3) is 0.500. The molecule has 2 bridgehead atoms. The van der Waals surface area contributed by atoms with Crippen molar-refractivity contribution in [3.05, 3.63) is 119 Å². The zero-order valence-corrected chi connectivity index (χ0v) is 49.9. The summed E-state index contributed by atoms with van der Waals surface area (Å²) in [5.41, 5.74) is -9.25. The Kier molecular flexibility index (Phi) is 18.9. The van der Waals surface area contributed by atoms with Gasteiger partial charge >= 0.3 is 36.4 Å². The van der Waals surface area contributed by atoms with E-state index in [0.29, 0.717) is 5.56 Å². The third kappa shape index (κ3) is 12.7. The molecule has 8 rings (SSSR count). The lowest BCUT2D eigenvalue weighted by Gasteiger charge is -2.67. The molecule has 2 saturated carbocycles. The molecule has 3 aliphatic carbocycles. The van der Waals surface area contributed by atoms with Crippen molar-refractivity contribution >= 4 is 118 Å². The van der Waals surface area contributed by atoms with Crippen LogP contribution < -0.4 is 5.32 Å². The molecule has 2 aliphatic heterocycles. The van der Waals surface area contributed by atoms with Crippen LogP contribution in [0.25, 0.3) is 0 Å². The molecule has 27 heteroatoms. The Bertz CT molecular complexity index is 3000. The van der Waals surface area contributed by atoms with Crippen LogP contribution in [0.1, 0.15) is 87.2 Å². The van der Waals surface area contributed by atoms with Gasteiger partial charge in [0.15, 0.2) is 48.2 Å². The highest BCUT2D eigenvalue weighted by molar-refractivity contribution is 6.68. The molecule has 448 valence electrons. The second kappa shape index (κ2) is 24.8. The maximum Gasteiger partial charge on any atom is 0.509 e. The minimum atomic E-state index is -2.63. The molecular formula is C56H57Cl6NO20. The number of hydrogen-bond donors (Lipinski definition) is 1. The molecule has 1 spiro atoms. The Morgan fingerprint density at radius 3 is 1.88 bits per heavy atom. The fourth-order valence-electron chi connectivity index (χ4n) is 12.1. The van der Waals surface area contributed by atoms with Crippen LogP contribution in [0.15, 0.2) is 102 Å². The van der Waals surface area contributed by atoms with E-state index in [4.69, 9.17) is 126 Å². The maximum atomic E-state index is 16.7. The summed E-state index contributed by atoms with van der Waals surface area (Å²) < 4.78 is 68.6. The number of Topliss-reactive ketones (excluding diaryl/α,β-unsaturated/α-hetero) is 1. The predicted molar refractivity (Wildman–Crippen MR) is 294 cm³/mol. The second-order valence-corrected chi connectivity index (χ2v) is 25.9. The van der Waals surface area contributed by atoms with Crippen molar-refractivity contribution in [3.8, 4) is 0 Å². The number of carbonyl (C=O) groups excluding carboxylic acids is 8. The van der Waals surface area contributed by atoms with Crippen molar-refractivity contribution in [1.29, 1.82) is 0 Å². The number of fused-ring (bicyclic) bond motifs is 4. The van der Waals surface area contributed by atoms with Crippen LogP contribution in [-0.4, -0.2) is 142 Å². The summed E-state index contributed by atoms with van der Waals surface area (Å²) in [5.74, 6) is -7.05. The molecule has 4 fully saturated rings. The van der Waals surface area contributed by atoms with Crippen molar-refractivity contribution in [2.45, 2.75) is 129 Å². The van der Waals surface area contributed by atoms with Crippen molar-refractivity contribution in [3.63, 3.8) is 0 Å². The Labute approximate surface area is 506 Å². The van der Waals surface area contributed by atoms with E-state index in [0.717, 1.165) is 6.92 Å². The molecule has 1 N–H and O–H groups in total. The number of halogens is 6. The van der Waals surface area contributed by atoms with Gasteiger partial charge in [0.2, 0.25) is 13.2 Å².